The molecule has 0 fully saturated rings. The van der Waals surface area contributed by atoms with Gasteiger partial charge < -0.3 is 8.92 Å². The summed E-state index contributed by atoms with van der Waals surface area (Å²) in [5.74, 6) is -0.622. The minimum absolute atomic E-state index is 0.00558. The van der Waals surface area contributed by atoms with Crippen molar-refractivity contribution in [3.63, 3.8) is 0 Å². The van der Waals surface area contributed by atoms with E-state index in [4.69, 9.17) is 4.74 Å². The first-order valence-corrected chi connectivity index (χ1v) is 8.82. The van der Waals surface area contributed by atoms with Crippen LogP contribution in [0.5, 0.6) is 5.75 Å². The zero-order chi connectivity index (χ0) is 18.0. The molecule has 134 valence electrons. The molecule has 0 aliphatic heterocycles. The van der Waals surface area contributed by atoms with Crippen molar-refractivity contribution in [2.24, 2.45) is 5.92 Å². The second kappa shape index (κ2) is 7.00. The molecule has 2 rings (SSSR count). The average Bonchev–Trinajstić information content (AvgIpc) is 2.46. The minimum Gasteiger partial charge on any atom is -0.466 e. The van der Waals surface area contributed by atoms with Crippen LogP contribution in [-0.2, 0) is 32.5 Å². The van der Waals surface area contributed by atoms with E-state index in [1.807, 2.05) is 0 Å². The third-order valence-corrected chi connectivity index (χ3v) is 4.75. The molecule has 0 bridgehead atoms. The molecule has 0 aromatic heterocycles. The largest absolute Gasteiger partial charge is 0.534 e. The van der Waals surface area contributed by atoms with Gasteiger partial charge in [-0.05, 0) is 49.3 Å². The summed E-state index contributed by atoms with van der Waals surface area (Å²) in [6.07, 6.45) is 1.55. The maximum atomic E-state index is 12.5. The fourth-order valence-corrected chi connectivity index (χ4v) is 3.21. The summed E-state index contributed by atoms with van der Waals surface area (Å²) in [5.41, 5.74) is -4.35. The quantitative estimate of drug-likeness (QED) is 0.455. The van der Waals surface area contributed by atoms with Crippen molar-refractivity contribution >= 4 is 16.1 Å². The number of hydrogen-bond acceptors (Lipinski definition) is 5. The van der Waals surface area contributed by atoms with Crippen LogP contribution in [0, 0.1) is 5.92 Å². The standard InChI is InChI=1S/C15H17F3O5S/c1-2-22-14(19)9-10-6-7-12-11(8-10)4-3-5-13(12)23-24(20,21)15(16,17)18/h3-5,10H,2,6-9H2,1H3. The average molecular weight is 366 g/mol. The van der Waals surface area contributed by atoms with Gasteiger partial charge in [-0.2, -0.15) is 21.6 Å². The van der Waals surface area contributed by atoms with Crippen LogP contribution < -0.4 is 4.18 Å². The van der Waals surface area contributed by atoms with Crippen molar-refractivity contribution in [2.75, 3.05) is 6.61 Å². The fraction of sp³-hybridized carbons (Fsp3) is 0.533. The van der Waals surface area contributed by atoms with Gasteiger partial charge in [0.2, 0.25) is 0 Å². The summed E-state index contributed by atoms with van der Waals surface area (Å²) >= 11 is 0. The Kier molecular flexibility index (Phi) is 5.42. The number of rotatable bonds is 5. The van der Waals surface area contributed by atoms with Gasteiger partial charge in [-0.25, -0.2) is 0 Å². The summed E-state index contributed by atoms with van der Waals surface area (Å²) in [7, 11) is -5.70. The molecule has 0 heterocycles. The number of carbonyl (C=O) groups excluding carboxylic acids is 1. The summed E-state index contributed by atoms with van der Waals surface area (Å²) in [4.78, 5) is 11.5. The number of fused-ring (bicyclic) bond motifs is 1. The van der Waals surface area contributed by atoms with E-state index >= 15 is 0 Å². The second-order valence-electron chi connectivity index (χ2n) is 5.49. The highest BCUT2D eigenvalue weighted by Gasteiger charge is 2.49. The van der Waals surface area contributed by atoms with E-state index in [9.17, 15) is 26.4 Å². The van der Waals surface area contributed by atoms with E-state index in [-0.39, 0.29) is 30.7 Å². The Bertz CT molecular complexity index is 712. The van der Waals surface area contributed by atoms with Crippen molar-refractivity contribution in [1.29, 1.82) is 0 Å². The van der Waals surface area contributed by atoms with E-state index in [1.165, 1.54) is 12.1 Å². The lowest BCUT2D eigenvalue weighted by Gasteiger charge is -2.25. The molecule has 0 spiro atoms. The molecule has 0 amide bonds. The lowest BCUT2D eigenvalue weighted by molar-refractivity contribution is -0.144. The molecule has 24 heavy (non-hydrogen) atoms. The molecular weight excluding hydrogens is 349 g/mol. The Labute approximate surface area is 137 Å². The van der Waals surface area contributed by atoms with Crippen molar-refractivity contribution < 1.29 is 35.3 Å². The van der Waals surface area contributed by atoms with Crippen LogP contribution in [0.25, 0.3) is 0 Å². The van der Waals surface area contributed by atoms with E-state index < -0.39 is 15.6 Å². The lowest BCUT2D eigenvalue weighted by atomic mass is 9.82. The van der Waals surface area contributed by atoms with Crippen molar-refractivity contribution in [3.8, 4) is 5.75 Å². The third-order valence-electron chi connectivity index (χ3n) is 3.78. The number of alkyl halides is 3. The topological polar surface area (TPSA) is 69.7 Å². The molecule has 0 N–H and O–H groups in total. The van der Waals surface area contributed by atoms with Crippen LogP contribution in [-0.4, -0.2) is 26.5 Å². The Hall–Kier alpha value is -1.77. The van der Waals surface area contributed by atoms with Gasteiger partial charge in [0, 0.05) is 6.42 Å². The fourth-order valence-electron chi connectivity index (χ4n) is 2.72. The van der Waals surface area contributed by atoms with E-state index in [1.54, 1.807) is 13.0 Å². The zero-order valence-electron chi connectivity index (χ0n) is 12.9. The Balaban J connectivity index is 2.17. The van der Waals surface area contributed by atoms with Crippen LogP contribution >= 0.6 is 0 Å². The smallest absolute Gasteiger partial charge is 0.466 e. The van der Waals surface area contributed by atoms with Gasteiger partial charge >= 0.3 is 21.6 Å². The van der Waals surface area contributed by atoms with E-state index in [2.05, 4.69) is 4.18 Å². The van der Waals surface area contributed by atoms with Crippen LogP contribution in [0.2, 0.25) is 0 Å². The SMILES string of the molecule is CCOC(=O)CC1CCc2c(cccc2OS(=O)(=O)C(F)(F)F)C1. The van der Waals surface area contributed by atoms with Crippen LogP contribution in [0.3, 0.4) is 0 Å². The molecule has 0 saturated carbocycles. The normalized spacial score (nSPS) is 17.9. The maximum Gasteiger partial charge on any atom is 0.534 e. The number of benzene rings is 1. The van der Waals surface area contributed by atoms with Crippen LogP contribution in [0.4, 0.5) is 13.2 Å². The first-order chi connectivity index (χ1) is 11.1. The second-order valence-corrected chi connectivity index (χ2v) is 7.03. The summed E-state index contributed by atoms with van der Waals surface area (Å²) in [5, 5.41) is 0. The highest BCUT2D eigenvalue weighted by Crippen LogP contribution is 2.36. The molecule has 1 unspecified atom stereocenters. The molecule has 0 radical (unpaired) electrons. The Morgan fingerprint density at radius 2 is 2.04 bits per heavy atom. The molecule has 1 aromatic rings. The molecule has 5 nitrogen and oxygen atoms in total. The first kappa shape index (κ1) is 18.6. The Morgan fingerprint density at radius 3 is 2.67 bits per heavy atom. The summed E-state index contributed by atoms with van der Waals surface area (Å²) in [6.45, 7) is 1.99. The number of carbonyl (C=O) groups is 1. The Morgan fingerprint density at radius 1 is 1.33 bits per heavy atom. The minimum atomic E-state index is -5.70. The monoisotopic (exact) mass is 366 g/mol. The maximum absolute atomic E-state index is 12.5. The number of hydrogen-bond donors (Lipinski definition) is 0. The lowest BCUT2D eigenvalue weighted by Crippen LogP contribution is -2.29. The predicted octanol–water partition coefficient (Wildman–Crippen LogP) is 2.97. The number of ether oxygens (including phenoxy) is 1. The van der Waals surface area contributed by atoms with E-state index in [0.29, 0.717) is 30.4 Å². The molecule has 1 atom stereocenters. The van der Waals surface area contributed by atoms with Gasteiger partial charge in [0.25, 0.3) is 0 Å². The molecule has 0 saturated heterocycles. The van der Waals surface area contributed by atoms with Crippen molar-refractivity contribution in [2.45, 2.75) is 38.1 Å². The highest BCUT2D eigenvalue weighted by atomic mass is 32.2. The first-order valence-electron chi connectivity index (χ1n) is 7.41. The van der Waals surface area contributed by atoms with Gasteiger partial charge in [0.15, 0.2) is 0 Å². The zero-order valence-corrected chi connectivity index (χ0v) is 13.7. The summed E-state index contributed by atoms with van der Waals surface area (Å²) < 4.78 is 68.9. The third kappa shape index (κ3) is 4.19. The summed E-state index contributed by atoms with van der Waals surface area (Å²) in [6, 6.07) is 4.33. The molecular formula is C15H17F3O5S. The predicted molar refractivity (Wildman–Crippen MR) is 78.8 cm³/mol. The van der Waals surface area contributed by atoms with Crippen LogP contribution in [0.15, 0.2) is 18.2 Å². The van der Waals surface area contributed by atoms with Crippen molar-refractivity contribution in [3.05, 3.63) is 29.3 Å². The van der Waals surface area contributed by atoms with Gasteiger partial charge in [0.05, 0.1) is 6.61 Å². The number of halogens is 3. The van der Waals surface area contributed by atoms with E-state index in [0.717, 1.165) is 0 Å². The van der Waals surface area contributed by atoms with Crippen molar-refractivity contribution in [1.82, 2.24) is 0 Å². The van der Waals surface area contributed by atoms with Crippen LogP contribution in [0.1, 0.15) is 30.9 Å². The molecule has 1 aromatic carbocycles. The highest BCUT2D eigenvalue weighted by molar-refractivity contribution is 7.88. The number of esters is 1. The molecule has 1 aliphatic carbocycles. The van der Waals surface area contributed by atoms with Gasteiger partial charge in [-0.15, -0.1) is 0 Å². The molecule has 9 heteroatoms. The van der Waals surface area contributed by atoms with Gasteiger partial charge in [0.1, 0.15) is 5.75 Å². The van der Waals surface area contributed by atoms with Gasteiger partial charge in [-0.3, -0.25) is 4.79 Å². The van der Waals surface area contributed by atoms with Gasteiger partial charge in [-0.1, -0.05) is 12.1 Å². The molecule has 1 aliphatic rings.